The average molecular weight is 292 g/mol. The number of amides is 2. The summed E-state index contributed by atoms with van der Waals surface area (Å²) in [6.07, 6.45) is 3.30. The molecule has 1 aliphatic rings. The predicted molar refractivity (Wildman–Crippen MR) is 79.2 cm³/mol. The molecule has 1 fully saturated rings. The van der Waals surface area contributed by atoms with Crippen LogP contribution < -0.4 is 5.32 Å². The highest BCUT2D eigenvalue weighted by atomic mass is 16.2. The van der Waals surface area contributed by atoms with Crippen molar-refractivity contribution in [2.45, 2.75) is 52.2 Å². The van der Waals surface area contributed by atoms with Gasteiger partial charge >= 0.3 is 0 Å². The maximum absolute atomic E-state index is 12.6. The molecule has 2 rings (SSSR count). The second-order valence-electron chi connectivity index (χ2n) is 5.75. The van der Waals surface area contributed by atoms with E-state index >= 15 is 0 Å². The van der Waals surface area contributed by atoms with Gasteiger partial charge in [-0.3, -0.25) is 14.3 Å². The van der Waals surface area contributed by atoms with E-state index in [1.54, 1.807) is 9.58 Å². The van der Waals surface area contributed by atoms with Gasteiger partial charge in [0.1, 0.15) is 12.1 Å². The molecule has 1 aromatic rings. The largest absolute Gasteiger partial charge is 0.343 e. The first-order valence-corrected chi connectivity index (χ1v) is 7.57. The summed E-state index contributed by atoms with van der Waals surface area (Å²) in [5, 5.41) is 7.17. The van der Waals surface area contributed by atoms with Crippen molar-refractivity contribution < 1.29 is 9.59 Å². The highest BCUT2D eigenvalue weighted by molar-refractivity contribution is 5.97. The van der Waals surface area contributed by atoms with E-state index < -0.39 is 12.1 Å². The van der Waals surface area contributed by atoms with Crippen LogP contribution in [0.5, 0.6) is 0 Å². The van der Waals surface area contributed by atoms with Gasteiger partial charge in [-0.05, 0) is 18.4 Å². The molecule has 6 heteroatoms. The van der Waals surface area contributed by atoms with Crippen molar-refractivity contribution in [1.82, 2.24) is 20.0 Å². The molecular weight excluding hydrogens is 268 g/mol. The minimum absolute atomic E-state index is 0.00643. The predicted octanol–water partition coefficient (Wildman–Crippen LogP) is 1.07. The van der Waals surface area contributed by atoms with E-state index in [0.29, 0.717) is 13.0 Å². The van der Waals surface area contributed by atoms with Crippen molar-refractivity contribution >= 4 is 11.8 Å². The van der Waals surface area contributed by atoms with Crippen molar-refractivity contribution in [3.63, 3.8) is 0 Å². The quantitative estimate of drug-likeness (QED) is 0.883. The van der Waals surface area contributed by atoms with Crippen LogP contribution in [-0.4, -0.2) is 38.6 Å². The van der Waals surface area contributed by atoms with Crippen LogP contribution in [0.2, 0.25) is 0 Å². The lowest BCUT2D eigenvalue weighted by atomic mass is 9.92. The molecule has 1 aliphatic heterocycles. The molecule has 2 amide bonds. The number of hydrogen-bond donors (Lipinski definition) is 1. The zero-order chi connectivity index (χ0) is 15.6. The number of hydrogen-bond acceptors (Lipinski definition) is 3. The number of piperazine rings is 1. The van der Waals surface area contributed by atoms with Gasteiger partial charge in [0.15, 0.2) is 0 Å². The minimum Gasteiger partial charge on any atom is -0.343 e. The second kappa shape index (κ2) is 6.28. The van der Waals surface area contributed by atoms with Crippen LogP contribution in [0.4, 0.5) is 0 Å². The maximum Gasteiger partial charge on any atom is 0.246 e. The number of aryl methyl sites for hydroxylation is 1. The summed E-state index contributed by atoms with van der Waals surface area (Å²) in [6.45, 7) is 6.34. The topological polar surface area (TPSA) is 67.2 Å². The number of carbonyl (C=O) groups is 2. The summed E-state index contributed by atoms with van der Waals surface area (Å²) in [6, 6.07) is 1.06. The molecule has 1 aromatic heterocycles. The van der Waals surface area contributed by atoms with Gasteiger partial charge in [-0.2, -0.15) is 5.10 Å². The number of rotatable bonds is 5. The Hall–Kier alpha value is -1.85. The zero-order valence-corrected chi connectivity index (χ0v) is 13.2. The number of nitrogens with zero attached hydrogens (tertiary/aromatic N) is 3. The molecule has 1 saturated heterocycles. The molecule has 3 atom stereocenters. The molecule has 21 heavy (non-hydrogen) atoms. The Labute approximate surface area is 125 Å². The molecule has 6 nitrogen and oxygen atoms in total. The first kappa shape index (κ1) is 15.5. The average Bonchev–Trinajstić information content (AvgIpc) is 2.87. The van der Waals surface area contributed by atoms with Gasteiger partial charge in [0.25, 0.3) is 0 Å². The van der Waals surface area contributed by atoms with Gasteiger partial charge in [0, 0.05) is 13.2 Å². The molecule has 0 saturated carbocycles. The fourth-order valence-corrected chi connectivity index (χ4v) is 2.76. The van der Waals surface area contributed by atoms with Crippen molar-refractivity contribution in [2.75, 3.05) is 0 Å². The van der Waals surface area contributed by atoms with Crippen molar-refractivity contribution in [2.24, 2.45) is 13.0 Å². The molecule has 0 bridgehead atoms. The normalized spacial score (nSPS) is 24.1. The monoisotopic (exact) mass is 292 g/mol. The van der Waals surface area contributed by atoms with Crippen LogP contribution in [0.3, 0.4) is 0 Å². The Kier molecular flexibility index (Phi) is 4.65. The van der Waals surface area contributed by atoms with Gasteiger partial charge in [-0.1, -0.05) is 27.2 Å². The molecule has 1 N–H and O–H groups in total. The minimum atomic E-state index is -0.415. The molecule has 0 aromatic carbocycles. The van der Waals surface area contributed by atoms with Crippen molar-refractivity contribution in [1.29, 1.82) is 0 Å². The highest BCUT2D eigenvalue weighted by Gasteiger charge is 2.42. The van der Waals surface area contributed by atoms with E-state index in [1.165, 1.54) is 0 Å². The molecule has 2 heterocycles. The fourth-order valence-electron chi connectivity index (χ4n) is 2.76. The maximum atomic E-state index is 12.6. The van der Waals surface area contributed by atoms with Crippen LogP contribution in [-0.2, 0) is 23.2 Å². The third-order valence-corrected chi connectivity index (χ3v) is 4.19. The summed E-state index contributed by atoms with van der Waals surface area (Å²) in [4.78, 5) is 26.7. The van der Waals surface area contributed by atoms with Gasteiger partial charge in [-0.25, -0.2) is 0 Å². The Morgan fingerprint density at radius 2 is 2.10 bits per heavy atom. The Morgan fingerprint density at radius 1 is 1.38 bits per heavy atom. The SMILES string of the molecule is CCC1NC(=O)C(C(C)CC)N(Cc2ccn(C)n2)C1=O. The van der Waals surface area contributed by atoms with E-state index in [2.05, 4.69) is 10.4 Å². The van der Waals surface area contributed by atoms with E-state index in [-0.39, 0.29) is 17.7 Å². The lowest BCUT2D eigenvalue weighted by Gasteiger charge is -2.41. The molecule has 0 radical (unpaired) electrons. The van der Waals surface area contributed by atoms with Crippen LogP contribution in [0, 0.1) is 5.92 Å². The molecule has 0 spiro atoms. The second-order valence-corrected chi connectivity index (χ2v) is 5.75. The fraction of sp³-hybridized carbons (Fsp3) is 0.667. The standard InChI is InChI=1S/C15H24N4O2/c1-5-10(3)13-14(20)16-12(6-2)15(21)19(13)9-11-7-8-18(4)17-11/h7-8,10,12-13H,5-6,9H2,1-4H3,(H,16,20). The zero-order valence-electron chi connectivity index (χ0n) is 13.2. The number of nitrogens with one attached hydrogen (secondary N) is 1. The lowest BCUT2D eigenvalue weighted by molar-refractivity contribution is -0.152. The van der Waals surface area contributed by atoms with Crippen molar-refractivity contribution in [3.8, 4) is 0 Å². The summed E-state index contributed by atoms with van der Waals surface area (Å²) >= 11 is 0. The summed E-state index contributed by atoms with van der Waals surface area (Å²) in [5.74, 6) is 0.0650. The molecule has 116 valence electrons. The number of aromatic nitrogens is 2. The molecular formula is C15H24N4O2. The van der Waals surface area contributed by atoms with E-state index in [4.69, 9.17) is 0 Å². The third-order valence-electron chi connectivity index (χ3n) is 4.19. The van der Waals surface area contributed by atoms with Crippen molar-refractivity contribution in [3.05, 3.63) is 18.0 Å². The highest BCUT2D eigenvalue weighted by Crippen LogP contribution is 2.22. The summed E-state index contributed by atoms with van der Waals surface area (Å²) < 4.78 is 1.71. The van der Waals surface area contributed by atoms with Gasteiger partial charge in [0.2, 0.25) is 11.8 Å². The Bertz CT molecular complexity index is 525. The van der Waals surface area contributed by atoms with Gasteiger partial charge in [0.05, 0.1) is 12.2 Å². The first-order valence-electron chi connectivity index (χ1n) is 7.57. The van der Waals surface area contributed by atoms with E-state index in [9.17, 15) is 9.59 Å². The first-order chi connectivity index (χ1) is 9.97. The van der Waals surface area contributed by atoms with Crippen LogP contribution >= 0.6 is 0 Å². The lowest BCUT2D eigenvalue weighted by Crippen LogP contribution is -2.64. The third kappa shape index (κ3) is 3.09. The molecule has 0 aliphatic carbocycles. The van der Waals surface area contributed by atoms with Crippen LogP contribution in [0.25, 0.3) is 0 Å². The van der Waals surface area contributed by atoms with Gasteiger partial charge < -0.3 is 10.2 Å². The Balaban J connectivity index is 2.28. The smallest absolute Gasteiger partial charge is 0.246 e. The van der Waals surface area contributed by atoms with Crippen LogP contribution in [0.15, 0.2) is 12.3 Å². The van der Waals surface area contributed by atoms with E-state index in [0.717, 1.165) is 12.1 Å². The van der Waals surface area contributed by atoms with Gasteiger partial charge in [-0.15, -0.1) is 0 Å². The van der Waals surface area contributed by atoms with Crippen LogP contribution in [0.1, 0.15) is 39.3 Å². The summed E-state index contributed by atoms with van der Waals surface area (Å²) in [5.41, 5.74) is 0.809. The van der Waals surface area contributed by atoms with E-state index in [1.807, 2.05) is 40.1 Å². The Morgan fingerprint density at radius 3 is 2.62 bits per heavy atom. The summed E-state index contributed by atoms with van der Waals surface area (Å²) in [7, 11) is 1.84. The molecule has 3 unspecified atom stereocenters. The number of carbonyl (C=O) groups excluding carboxylic acids is 2.